The molecule has 0 saturated carbocycles. The predicted molar refractivity (Wildman–Crippen MR) is 142 cm³/mol. The SMILES string of the molecule is CC/C(=C1\c2cc3cnn(CC(=O)NN)c3cc2COc2ncccc21)c1cccc(NS(C)(=O)=O)c1. The molecule has 1 aliphatic rings. The molecule has 0 radical (unpaired) electrons. The van der Waals surface area contributed by atoms with Gasteiger partial charge in [-0.1, -0.05) is 19.1 Å². The minimum Gasteiger partial charge on any atom is -0.472 e. The van der Waals surface area contributed by atoms with Gasteiger partial charge >= 0.3 is 0 Å². The summed E-state index contributed by atoms with van der Waals surface area (Å²) in [5, 5.41) is 5.24. The number of hydrogen-bond acceptors (Lipinski definition) is 7. The Hall–Kier alpha value is -4.22. The maximum atomic E-state index is 11.9. The Morgan fingerprint density at radius 2 is 2.00 bits per heavy atom. The van der Waals surface area contributed by atoms with E-state index < -0.39 is 10.0 Å². The molecular formula is C26H26N6O4S. The van der Waals surface area contributed by atoms with Crippen LogP contribution in [0, 0.1) is 0 Å². The first-order valence-corrected chi connectivity index (χ1v) is 13.5. The van der Waals surface area contributed by atoms with E-state index in [0.717, 1.165) is 50.6 Å². The third-order valence-electron chi connectivity index (χ3n) is 6.16. The molecule has 10 nitrogen and oxygen atoms in total. The molecule has 0 atom stereocenters. The Kier molecular flexibility index (Phi) is 6.40. The first kappa shape index (κ1) is 24.5. The van der Waals surface area contributed by atoms with Crippen molar-refractivity contribution in [3.63, 3.8) is 0 Å². The van der Waals surface area contributed by atoms with Crippen molar-refractivity contribution in [3.8, 4) is 5.88 Å². The summed E-state index contributed by atoms with van der Waals surface area (Å²) in [6.07, 6.45) is 5.20. The minimum absolute atomic E-state index is 0.00946. The number of sulfonamides is 1. The van der Waals surface area contributed by atoms with Crippen LogP contribution in [0.4, 0.5) is 5.69 Å². The Bertz CT molecular complexity index is 1660. The van der Waals surface area contributed by atoms with E-state index in [9.17, 15) is 13.2 Å². The van der Waals surface area contributed by atoms with Gasteiger partial charge in [-0.05, 0) is 70.7 Å². The van der Waals surface area contributed by atoms with E-state index >= 15 is 0 Å². The van der Waals surface area contributed by atoms with Crippen LogP contribution in [0.2, 0.25) is 0 Å². The number of carbonyl (C=O) groups excluding carboxylic acids is 1. The fraction of sp³-hybridized carbons (Fsp3) is 0.192. The lowest BCUT2D eigenvalue weighted by molar-refractivity contribution is -0.121. The lowest BCUT2D eigenvalue weighted by atomic mass is 9.86. The standard InChI is InChI=1S/C26H26N6O4S/c1-3-20(16-6-4-7-19(10-16)31-37(2,34)35)25-21-8-5-9-28-26(21)36-15-18-12-23-17(11-22(18)25)13-29-32(23)14-24(33)30-27/h4-13,31H,3,14-15,27H2,1-2H3,(H,30,33)/b25-20+. The maximum Gasteiger partial charge on any atom is 0.255 e. The average Bonchev–Trinajstić information content (AvgIpc) is 3.18. The number of rotatable bonds is 6. The second kappa shape index (κ2) is 9.68. The lowest BCUT2D eigenvalue weighted by Crippen LogP contribution is -2.33. The summed E-state index contributed by atoms with van der Waals surface area (Å²) in [6, 6.07) is 15.2. The van der Waals surface area contributed by atoms with Crippen LogP contribution in [0.15, 0.2) is 60.9 Å². The van der Waals surface area contributed by atoms with Gasteiger partial charge in [-0.25, -0.2) is 19.2 Å². The second-order valence-corrected chi connectivity index (χ2v) is 10.5. The number of nitrogens with one attached hydrogen (secondary N) is 2. The molecule has 3 heterocycles. The van der Waals surface area contributed by atoms with Gasteiger partial charge in [-0.2, -0.15) is 5.10 Å². The second-order valence-electron chi connectivity index (χ2n) is 8.74. The molecule has 0 aliphatic carbocycles. The number of hydrazine groups is 1. The topological polar surface area (TPSA) is 141 Å². The Labute approximate surface area is 214 Å². The summed E-state index contributed by atoms with van der Waals surface area (Å²) < 4.78 is 34.0. The molecule has 4 N–H and O–H groups in total. The van der Waals surface area contributed by atoms with E-state index in [4.69, 9.17) is 10.6 Å². The number of amides is 1. The number of nitrogens with two attached hydrogens (primary N) is 1. The quantitative estimate of drug-likeness (QED) is 0.202. The van der Waals surface area contributed by atoms with Gasteiger partial charge in [0.05, 0.1) is 18.0 Å². The van der Waals surface area contributed by atoms with Crippen molar-refractivity contribution in [2.75, 3.05) is 11.0 Å². The number of anilines is 1. The first-order chi connectivity index (χ1) is 17.8. The van der Waals surface area contributed by atoms with E-state index in [1.54, 1.807) is 23.1 Å². The van der Waals surface area contributed by atoms with Crippen molar-refractivity contribution in [1.82, 2.24) is 20.2 Å². The fourth-order valence-electron chi connectivity index (χ4n) is 4.65. The summed E-state index contributed by atoms with van der Waals surface area (Å²) in [5.74, 6) is 5.42. The summed E-state index contributed by atoms with van der Waals surface area (Å²) in [6.45, 7) is 2.33. The smallest absolute Gasteiger partial charge is 0.255 e. The number of aromatic nitrogens is 3. The van der Waals surface area contributed by atoms with Gasteiger partial charge in [0.2, 0.25) is 15.9 Å². The summed E-state index contributed by atoms with van der Waals surface area (Å²) in [5.41, 5.74) is 8.94. The first-order valence-electron chi connectivity index (χ1n) is 11.6. The Balaban J connectivity index is 1.75. The molecule has 11 heteroatoms. The molecule has 0 saturated heterocycles. The van der Waals surface area contributed by atoms with Crippen LogP contribution in [0.1, 0.15) is 35.6 Å². The van der Waals surface area contributed by atoms with Crippen molar-refractivity contribution in [2.45, 2.75) is 26.5 Å². The van der Waals surface area contributed by atoms with Gasteiger partial charge in [0, 0.05) is 22.8 Å². The number of pyridine rings is 1. The summed E-state index contributed by atoms with van der Waals surface area (Å²) >= 11 is 0. The van der Waals surface area contributed by atoms with Gasteiger partial charge in [-0.3, -0.25) is 19.6 Å². The molecule has 2 aromatic carbocycles. The van der Waals surface area contributed by atoms with Gasteiger partial charge < -0.3 is 4.74 Å². The highest BCUT2D eigenvalue weighted by Gasteiger charge is 2.25. The van der Waals surface area contributed by atoms with Crippen molar-refractivity contribution in [3.05, 3.63) is 83.2 Å². The summed E-state index contributed by atoms with van der Waals surface area (Å²) in [4.78, 5) is 16.4. The maximum absolute atomic E-state index is 11.9. The number of fused-ring (bicyclic) bond motifs is 3. The number of ether oxygens (including phenoxy) is 1. The third-order valence-corrected chi connectivity index (χ3v) is 6.77. The number of nitrogens with zero attached hydrogens (tertiary/aromatic N) is 3. The lowest BCUT2D eigenvalue weighted by Gasteiger charge is -2.18. The molecule has 0 bridgehead atoms. The van der Waals surface area contributed by atoms with Gasteiger partial charge in [0.25, 0.3) is 5.91 Å². The van der Waals surface area contributed by atoms with Gasteiger partial charge in [0.15, 0.2) is 0 Å². The highest BCUT2D eigenvalue weighted by molar-refractivity contribution is 7.92. The molecule has 0 unspecified atom stereocenters. The molecule has 190 valence electrons. The zero-order valence-corrected chi connectivity index (χ0v) is 21.2. The van der Waals surface area contributed by atoms with Crippen molar-refractivity contribution >= 4 is 43.7 Å². The predicted octanol–water partition coefficient (Wildman–Crippen LogP) is 3.05. The van der Waals surface area contributed by atoms with Crippen LogP contribution < -0.4 is 20.7 Å². The molecule has 4 aromatic rings. The minimum atomic E-state index is -3.43. The van der Waals surface area contributed by atoms with Crippen LogP contribution in [-0.4, -0.2) is 35.3 Å². The van der Waals surface area contributed by atoms with E-state index in [0.29, 0.717) is 18.0 Å². The Morgan fingerprint density at radius 1 is 1.16 bits per heavy atom. The molecule has 5 rings (SSSR count). The van der Waals surface area contributed by atoms with E-state index in [1.165, 1.54) is 0 Å². The zero-order valence-electron chi connectivity index (χ0n) is 20.4. The number of carbonyl (C=O) groups is 1. The highest BCUT2D eigenvalue weighted by Crippen LogP contribution is 2.42. The van der Waals surface area contributed by atoms with Crippen LogP contribution >= 0.6 is 0 Å². The monoisotopic (exact) mass is 518 g/mol. The molecule has 1 amide bonds. The highest BCUT2D eigenvalue weighted by atomic mass is 32.2. The zero-order chi connectivity index (χ0) is 26.2. The van der Waals surface area contributed by atoms with Gasteiger partial charge in [0.1, 0.15) is 13.2 Å². The molecular weight excluding hydrogens is 492 g/mol. The summed E-state index contributed by atoms with van der Waals surface area (Å²) in [7, 11) is -3.43. The molecule has 0 fully saturated rings. The van der Waals surface area contributed by atoms with Crippen LogP contribution in [0.25, 0.3) is 22.0 Å². The Morgan fingerprint density at radius 3 is 2.76 bits per heavy atom. The van der Waals surface area contributed by atoms with Crippen molar-refractivity contribution in [1.29, 1.82) is 0 Å². The molecule has 1 aliphatic heterocycles. The third kappa shape index (κ3) is 4.91. The van der Waals surface area contributed by atoms with Crippen molar-refractivity contribution in [2.24, 2.45) is 5.84 Å². The van der Waals surface area contributed by atoms with E-state index in [-0.39, 0.29) is 19.1 Å². The van der Waals surface area contributed by atoms with Crippen LogP contribution in [0.5, 0.6) is 5.88 Å². The number of hydrogen-bond donors (Lipinski definition) is 3. The average molecular weight is 519 g/mol. The molecule has 0 spiro atoms. The van der Waals surface area contributed by atoms with E-state index in [2.05, 4.69) is 27.2 Å². The van der Waals surface area contributed by atoms with E-state index in [1.807, 2.05) is 42.5 Å². The normalized spacial score (nSPS) is 14.2. The number of allylic oxidation sites excluding steroid dienone is 1. The van der Waals surface area contributed by atoms with Crippen LogP contribution in [-0.2, 0) is 28.0 Å². The van der Waals surface area contributed by atoms with Crippen LogP contribution in [0.3, 0.4) is 0 Å². The number of benzene rings is 2. The largest absolute Gasteiger partial charge is 0.472 e. The van der Waals surface area contributed by atoms with Gasteiger partial charge in [-0.15, -0.1) is 0 Å². The fourth-order valence-corrected chi connectivity index (χ4v) is 5.21. The van der Waals surface area contributed by atoms with Crippen molar-refractivity contribution < 1.29 is 17.9 Å². The molecule has 37 heavy (non-hydrogen) atoms. The molecule has 2 aromatic heterocycles.